The van der Waals surface area contributed by atoms with Crippen LogP contribution in [-0.2, 0) is 34.1 Å². The van der Waals surface area contributed by atoms with E-state index < -0.39 is 10.0 Å². The number of sulfonamides is 1. The smallest absolute Gasteiger partial charge is 0.245 e. The molecule has 1 aromatic heterocycles. The highest BCUT2D eigenvalue weighted by molar-refractivity contribution is 7.89. The molecule has 1 amide bonds. The van der Waals surface area contributed by atoms with Crippen molar-refractivity contribution < 1.29 is 13.2 Å². The minimum Gasteiger partial charge on any atom is -0.340 e. The predicted octanol–water partition coefficient (Wildman–Crippen LogP) is 3.11. The molecule has 0 bridgehead atoms. The summed E-state index contributed by atoms with van der Waals surface area (Å²) in [5.41, 5.74) is 5.29. The molecule has 0 saturated carbocycles. The maximum atomic E-state index is 13.3. The van der Waals surface area contributed by atoms with E-state index in [1.165, 1.54) is 21.9 Å². The topological polar surface area (TPSA) is 70.6 Å². The second-order valence-corrected chi connectivity index (χ2v) is 10.7. The summed E-state index contributed by atoms with van der Waals surface area (Å²) in [6.45, 7) is 3.33. The van der Waals surface area contributed by atoms with E-state index in [1.807, 2.05) is 19.1 Å². The van der Waals surface area contributed by atoms with Crippen LogP contribution in [0.2, 0.25) is 0 Å². The number of hydrogen-bond donors (Lipinski definition) is 0. The number of para-hydroxylation sites is 1. The quantitative estimate of drug-likeness (QED) is 0.614. The Morgan fingerprint density at radius 2 is 1.78 bits per heavy atom. The predicted molar refractivity (Wildman–Crippen MR) is 124 cm³/mol. The van der Waals surface area contributed by atoms with Crippen molar-refractivity contribution in [1.29, 1.82) is 0 Å². The van der Waals surface area contributed by atoms with E-state index >= 15 is 0 Å². The number of nitrogens with zero attached hydrogens (tertiary/aromatic N) is 3. The Kier molecular flexibility index (Phi) is 5.47. The summed E-state index contributed by atoms with van der Waals surface area (Å²) >= 11 is 0. The van der Waals surface area contributed by atoms with Crippen LogP contribution in [0.3, 0.4) is 0 Å². The van der Waals surface area contributed by atoms with Crippen LogP contribution in [0.25, 0.3) is 10.9 Å². The molecule has 7 heteroatoms. The van der Waals surface area contributed by atoms with E-state index in [4.69, 9.17) is 0 Å². The van der Waals surface area contributed by atoms with Gasteiger partial charge in [0.15, 0.2) is 0 Å². The third-order valence-electron chi connectivity index (χ3n) is 6.54. The molecule has 1 aliphatic carbocycles. The molecule has 1 aliphatic heterocycles. The van der Waals surface area contributed by atoms with Gasteiger partial charge in [0, 0.05) is 37.8 Å². The van der Waals surface area contributed by atoms with Gasteiger partial charge in [0.05, 0.1) is 11.9 Å². The van der Waals surface area contributed by atoms with Gasteiger partial charge in [-0.3, -0.25) is 9.78 Å². The van der Waals surface area contributed by atoms with Crippen LogP contribution >= 0.6 is 0 Å². The summed E-state index contributed by atoms with van der Waals surface area (Å²) in [6.07, 6.45) is 5.47. The molecule has 2 aromatic carbocycles. The minimum absolute atomic E-state index is 0.0577. The molecule has 0 radical (unpaired) electrons. The van der Waals surface area contributed by atoms with Gasteiger partial charge in [-0.1, -0.05) is 30.3 Å². The first-order valence-electron chi connectivity index (χ1n) is 11.2. The van der Waals surface area contributed by atoms with Gasteiger partial charge in [-0.05, 0) is 60.6 Å². The third kappa shape index (κ3) is 3.91. The zero-order valence-electron chi connectivity index (χ0n) is 18.3. The molecule has 1 fully saturated rings. The molecule has 2 aliphatic rings. The van der Waals surface area contributed by atoms with Crippen LogP contribution in [0.4, 0.5) is 0 Å². The Hall–Kier alpha value is -2.77. The number of rotatable bonds is 4. The fraction of sp³-hybridized carbons (Fsp3) is 0.360. The maximum Gasteiger partial charge on any atom is 0.245 e. The van der Waals surface area contributed by atoms with Gasteiger partial charge < -0.3 is 4.90 Å². The van der Waals surface area contributed by atoms with Crippen molar-refractivity contribution in [3.05, 3.63) is 70.9 Å². The van der Waals surface area contributed by atoms with Crippen LogP contribution < -0.4 is 0 Å². The standard InChI is InChI=1S/C25H27N3O3S/c1-18-14-22-6-3-7-23(25(22)26-17-18)32(30,31)28-12-10-27(11-13-28)24(29)16-19-8-9-20-4-2-5-21(20)15-19/h3,6-9,14-15,17H,2,4-5,10-13,16H2,1H3. The first-order valence-corrected chi connectivity index (χ1v) is 12.6. The molecule has 32 heavy (non-hydrogen) atoms. The van der Waals surface area contributed by atoms with E-state index in [0.29, 0.717) is 38.1 Å². The van der Waals surface area contributed by atoms with Gasteiger partial charge in [0.2, 0.25) is 15.9 Å². The van der Waals surface area contributed by atoms with Crippen LogP contribution in [0, 0.1) is 6.92 Å². The Morgan fingerprint density at radius 3 is 2.59 bits per heavy atom. The van der Waals surface area contributed by atoms with Gasteiger partial charge in [-0.25, -0.2) is 8.42 Å². The highest BCUT2D eigenvalue weighted by atomic mass is 32.2. The maximum absolute atomic E-state index is 13.3. The molecule has 5 rings (SSSR count). The van der Waals surface area contributed by atoms with Gasteiger partial charge >= 0.3 is 0 Å². The first kappa shape index (κ1) is 21.1. The summed E-state index contributed by atoms with van der Waals surface area (Å²) in [5, 5.41) is 0.814. The molecule has 0 unspecified atom stereocenters. The average Bonchev–Trinajstić information content (AvgIpc) is 3.26. The zero-order chi connectivity index (χ0) is 22.3. The van der Waals surface area contributed by atoms with E-state index in [0.717, 1.165) is 29.4 Å². The van der Waals surface area contributed by atoms with Crippen molar-refractivity contribution in [1.82, 2.24) is 14.2 Å². The van der Waals surface area contributed by atoms with Crippen molar-refractivity contribution in [2.45, 2.75) is 37.5 Å². The van der Waals surface area contributed by atoms with Crippen molar-refractivity contribution in [2.24, 2.45) is 0 Å². The number of benzene rings is 2. The van der Waals surface area contributed by atoms with E-state index in [9.17, 15) is 13.2 Å². The summed E-state index contributed by atoms with van der Waals surface area (Å²) < 4.78 is 28.2. The number of aromatic nitrogens is 1. The van der Waals surface area contributed by atoms with Crippen molar-refractivity contribution >= 4 is 26.8 Å². The lowest BCUT2D eigenvalue weighted by Crippen LogP contribution is -2.50. The second kappa shape index (κ2) is 8.30. The first-order chi connectivity index (χ1) is 15.4. The molecule has 0 N–H and O–H groups in total. The number of piperazine rings is 1. The normalized spacial score (nSPS) is 17.0. The molecule has 0 atom stereocenters. The van der Waals surface area contributed by atoms with Gasteiger partial charge in [-0.15, -0.1) is 0 Å². The largest absolute Gasteiger partial charge is 0.340 e. The van der Waals surface area contributed by atoms with E-state index in [1.54, 1.807) is 23.2 Å². The Balaban J connectivity index is 1.27. The fourth-order valence-electron chi connectivity index (χ4n) is 4.79. The number of aryl methyl sites for hydroxylation is 3. The van der Waals surface area contributed by atoms with Gasteiger partial charge in [0.1, 0.15) is 4.90 Å². The Bertz CT molecular complexity index is 1300. The molecule has 3 aromatic rings. The molecular weight excluding hydrogens is 422 g/mol. The molecular formula is C25H27N3O3S. The molecule has 6 nitrogen and oxygen atoms in total. The lowest BCUT2D eigenvalue weighted by molar-refractivity contribution is -0.131. The number of hydrogen-bond acceptors (Lipinski definition) is 4. The number of amides is 1. The van der Waals surface area contributed by atoms with E-state index in [-0.39, 0.29) is 10.8 Å². The lowest BCUT2D eigenvalue weighted by Gasteiger charge is -2.34. The van der Waals surface area contributed by atoms with Crippen LogP contribution in [-0.4, -0.2) is 54.7 Å². The minimum atomic E-state index is -3.68. The summed E-state index contributed by atoms with van der Waals surface area (Å²) in [7, 11) is -3.68. The second-order valence-electron chi connectivity index (χ2n) is 8.76. The Morgan fingerprint density at radius 1 is 1.00 bits per heavy atom. The van der Waals surface area contributed by atoms with Gasteiger partial charge in [-0.2, -0.15) is 4.31 Å². The highest BCUT2D eigenvalue weighted by Crippen LogP contribution is 2.26. The molecule has 1 saturated heterocycles. The zero-order valence-corrected chi connectivity index (χ0v) is 19.1. The lowest BCUT2D eigenvalue weighted by atomic mass is 10.0. The fourth-order valence-corrected chi connectivity index (χ4v) is 6.38. The molecule has 2 heterocycles. The van der Waals surface area contributed by atoms with Crippen molar-refractivity contribution in [3.8, 4) is 0 Å². The SMILES string of the molecule is Cc1cnc2c(S(=O)(=O)N3CCN(C(=O)Cc4ccc5c(c4)CCC5)CC3)cccc2c1. The number of pyridine rings is 1. The summed E-state index contributed by atoms with van der Waals surface area (Å²) in [6, 6.07) is 13.6. The van der Waals surface area contributed by atoms with Crippen molar-refractivity contribution in [2.75, 3.05) is 26.2 Å². The van der Waals surface area contributed by atoms with Gasteiger partial charge in [0.25, 0.3) is 0 Å². The number of fused-ring (bicyclic) bond motifs is 2. The van der Waals surface area contributed by atoms with Crippen LogP contribution in [0.1, 0.15) is 28.7 Å². The monoisotopic (exact) mass is 449 g/mol. The molecule has 0 spiro atoms. The number of carbonyl (C=O) groups is 1. The average molecular weight is 450 g/mol. The summed E-state index contributed by atoms with van der Waals surface area (Å²) in [5.74, 6) is 0.0577. The highest BCUT2D eigenvalue weighted by Gasteiger charge is 2.31. The van der Waals surface area contributed by atoms with E-state index in [2.05, 4.69) is 23.2 Å². The van der Waals surface area contributed by atoms with Crippen LogP contribution in [0.5, 0.6) is 0 Å². The summed E-state index contributed by atoms with van der Waals surface area (Å²) in [4.78, 5) is 19.2. The molecule has 166 valence electrons. The van der Waals surface area contributed by atoms with Crippen LogP contribution in [0.15, 0.2) is 53.6 Å². The third-order valence-corrected chi connectivity index (χ3v) is 8.47. The Labute approximate surface area is 188 Å². The number of carbonyl (C=O) groups excluding carboxylic acids is 1. The van der Waals surface area contributed by atoms with Crippen molar-refractivity contribution in [3.63, 3.8) is 0 Å².